The van der Waals surface area contributed by atoms with Gasteiger partial charge in [-0.2, -0.15) is 0 Å². The number of carbonyl (C=O) groups excluding carboxylic acids is 1. The SMILES string of the molecule is CCNC(=NCC(=O)NC(C)(C)C)N1CCOC(C2CCCO2)C1.I. The van der Waals surface area contributed by atoms with Gasteiger partial charge in [-0.15, -0.1) is 24.0 Å². The molecule has 2 N–H and O–H groups in total. The Morgan fingerprint density at radius 1 is 1.24 bits per heavy atom. The fourth-order valence-corrected chi connectivity index (χ4v) is 3.02. The molecule has 146 valence electrons. The molecule has 0 aliphatic carbocycles. The molecule has 7 nitrogen and oxygen atoms in total. The van der Waals surface area contributed by atoms with Crippen molar-refractivity contribution in [1.29, 1.82) is 0 Å². The number of halogens is 1. The van der Waals surface area contributed by atoms with E-state index in [-0.39, 0.29) is 54.2 Å². The van der Waals surface area contributed by atoms with E-state index in [0.29, 0.717) is 6.61 Å². The normalized spacial score (nSPS) is 24.6. The topological polar surface area (TPSA) is 75.2 Å². The minimum Gasteiger partial charge on any atom is -0.375 e. The standard InChI is InChI=1S/C17H32N4O3.HI/c1-5-18-16(19-11-15(22)20-17(2,3)4)21-8-10-24-14(12-21)13-7-6-9-23-13;/h13-14H,5-12H2,1-4H3,(H,18,19)(H,20,22);1H. The zero-order valence-electron chi connectivity index (χ0n) is 15.8. The van der Waals surface area contributed by atoms with Gasteiger partial charge in [0, 0.05) is 31.8 Å². The number of hydrogen-bond donors (Lipinski definition) is 2. The molecule has 0 bridgehead atoms. The second kappa shape index (κ2) is 10.5. The fraction of sp³-hybridized carbons (Fsp3) is 0.882. The van der Waals surface area contributed by atoms with Crippen LogP contribution in [0.1, 0.15) is 40.5 Å². The Labute approximate surface area is 168 Å². The van der Waals surface area contributed by atoms with Gasteiger partial charge >= 0.3 is 0 Å². The summed E-state index contributed by atoms with van der Waals surface area (Å²) in [6.45, 7) is 11.8. The predicted octanol–water partition coefficient (Wildman–Crippen LogP) is 1.36. The van der Waals surface area contributed by atoms with Crippen LogP contribution in [0.15, 0.2) is 4.99 Å². The Hall–Kier alpha value is -0.610. The van der Waals surface area contributed by atoms with Gasteiger partial charge < -0.3 is 25.0 Å². The average molecular weight is 468 g/mol. The number of hydrogen-bond acceptors (Lipinski definition) is 4. The summed E-state index contributed by atoms with van der Waals surface area (Å²) < 4.78 is 11.6. The van der Waals surface area contributed by atoms with Gasteiger partial charge in [-0.25, -0.2) is 4.99 Å². The molecule has 0 aromatic heterocycles. The van der Waals surface area contributed by atoms with E-state index in [9.17, 15) is 4.79 Å². The highest BCUT2D eigenvalue weighted by Crippen LogP contribution is 2.21. The largest absolute Gasteiger partial charge is 0.375 e. The molecule has 8 heteroatoms. The molecule has 2 saturated heterocycles. The van der Waals surface area contributed by atoms with Crippen LogP contribution in [-0.4, -0.2) is 73.9 Å². The number of guanidine groups is 1. The molecule has 0 aromatic rings. The number of ether oxygens (including phenoxy) is 2. The molecule has 0 radical (unpaired) electrons. The summed E-state index contributed by atoms with van der Waals surface area (Å²) in [5.74, 6) is 0.703. The highest BCUT2D eigenvalue weighted by molar-refractivity contribution is 14.0. The summed E-state index contributed by atoms with van der Waals surface area (Å²) in [4.78, 5) is 18.7. The first-order chi connectivity index (χ1) is 11.4. The van der Waals surface area contributed by atoms with Crippen LogP contribution in [0.25, 0.3) is 0 Å². The lowest BCUT2D eigenvalue weighted by atomic mass is 10.1. The van der Waals surface area contributed by atoms with E-state index in [2.05, 4.69) is 20.5 Å². The van der Waals surface area contributed by atoms with Gasteiger partial charge in [-0.3, -0.25) is 4.79 Å². The van der Waals surface area contributed by atoms with E-state index in [1.807, 2.05) is 27.7 Å². The summed E-state index contributed by atoms with van der Waals surface area (Å²) in [6, 6.07) is 0. The van der Waals surface area contributed by atoms with Crippen LogP contribution in [-0.2, 0) is 14.3 Å². The molecule has 1 amide bonds. The van der Waals surface area contributed by atoms with Crippen molar-refractivity contribution in [1.82, 2.24) is 15.5 Å². The van der Waals surface area contributed by atoms with E-state index in [0.717, 1.165) is 45.0 Å². The number of amides is 1. The first-order valence-corrected chi connectivity index (χ1v) is 8.96. The molecule has 0 saturated carbocycles. The van der Waals surface area contributed by atoms with Crippen LogP contribution in [0.3, 0.4) is 0 Å². The van der Waals surface area contributed by atoms with Gasteiger partial charge in [0.25, 0.3) is 0 Å². The van der Waals surface area contributed by atoms with Crippen molar-refractivity contribution in [2.45, 2.75) is 58.3 Å². The molecule has 25 heavy (non-hydrogen) atoms. The maximum Gasteiger partial charge on any atom is 0.242 e. The van der Waals surface area contributed by atoms with Crippen LogP contribution in [0.2, 0.25) is 0 Å². The van der Waals surface area contributed by atoms with Gasteiger partial charge in [0.1, 0.15) is 12.6 Å². The first kappa shape index (κ1) is 22.4. The molecular formula is C17H33IN4O3. The van der Waals surface area contributed by atoms with E-state index in [1.54, 1.807) is 0 Å². The number of rotatable bonds is 4. The van der Waals surface area contributed by atoms with Gasteiger partial charge in [-0.1, -0.05) is 0 Å². The Kier molecular flexibility index (Phi) is 9.44. The van der Waals surface area contributed by atoms with Crippen molar-refractivity contribution in [3.05, 3.63) is 0 Å². The lowest BCUT2D eigenvalue weighted by Gasteiger charge is -2.37. The molecule has 2 fully saturated rings. The molecular weight excluding hydrogens is 435 g/mol. The van der Waals surface area contributed by atoms with Gasteiger partial charge in [0.15, 0.2) is 5.96 Å². The lowest BCUT2D eigenvalue weighted by Crippen LogP contribution is -2.53. The predicted molar refractivity (Wildman–Crippen MR) is 110 cm³/mol. The van der Waals surface area contributed by atoms with E-state index in [4.69, 9.17) is 9.47 Å². The van der Waals surface area contributed by atoms with Crippen LogP contribution >= 0.6 is 24.0 Å². The van der Waals surface area contributed by atoms with Crippen molar-refractivity contribution < 1.29 is 14.3 Å². The number of carbonyl (C=O) groups is 1. The lowest BCUT2D eigenvalue weighted by molar-refractivity contribution is -0.121. The Morgan fingerprint density at radius 2 is 1.96 bits per heavy atom. The third-order valence-corrected chi connectivity index (χ3v) is 3.99. The Morgan fingerprint density at radius 3 is 2.56 bits per heavy atom. The van der Waals surface area contributed by atoms with Gasteiger partial charge in [0.2, 0.25) is 5.91 Å². The molecule has 2 aliphatic heterocycles. The maximum absolute atomic E-state index is 12.0. The number of nitrogens with one attached hydrogen (secondary N) is 2. The second-order valence-electron chi connectivity index (χ2n) is 7.38. The third kappa shape index (κ3) is 7.65. The summed E-state index contributed by atoms with van der Waals surface area (Å²) in [6.07, 6.45) is 2.42. The van der Waals surface area contributed by atoms with Crippen LogP contribution in [0.4, 0.5) is 0 Å². The van der Waals surface area contributed by atoms with Crippen molar-refractivity contribution in [2.24, 2.45) is 4.99 Å². The van der Waals surface area contributed by atoms with Crippen molar-refractivity contribution >= 4 is 35.8 Å². The highest BCUT2D eigenvalue weighted by Gasteiger charge is 2.32. The Balaban J connectivity index is 0.00000312. The quantitative estimate of drug-likeness (QED) is 0.371. The average Bonchev–Trinajstić information content (AvgIpc) is 3.04. The van der Waals surface area contributed by atoms with Crippen LogP contribution in [0.5, 0.6) is 0 Å². The van der Waals surface area contributed by atoms with Gasteiger partial charge in [0.05, 0.1) is 12.7 Å². The van der Waals surface area contributed by atoms with E-state index in [1.165, 1.54) is 0 Å². The second-order valence-corrected chi connectivity index (χ2v) is 7.38. The summed E-state index contributed by atoms with van der Waals surface area (Å²) in [5, 5.41) is 6.22. The molecule has 2 rings (SSSR count). The Bertz CT molecular complexity index is 448. The number of nitrogens with zero attached hydrogens (tertiary/aromatic N) is 2. The first-order valence-electron chi connectivity index (χ1n) is 8.96. The van der Waals surface area contributed by atoms with Gasteiger partial charge in [-0.05, 0) is 40.5 Å². The summed E-state index contributed by atoms with van der Waals surface area (Å²) in [7, 11) is 0. The molecule has 0 aromatic carbocycles. The van der Waals surface area contributed by atoms with Crippen molar-refractivity contribution in [3.63, 3.8) is 0 Å². The summed E-state index contributed by atoms with van der Waals surface area (Å²) >= 11 is 0. The summed E-state index contributed by atoms with van der Waals surface area (Å²) in [5.41, 5.74) is -0.241. The number of aliphatic imine (C=N–C) groups is 1. The van der Waals surface area contributed by atoms with Crippen molar-refractivity contribution in [2.75, 3.05) is 39.4 Å². The smallest absolute Gasteiger partial charge is 0.242 e. The zero-order valence-corrected chi connectivity index (χ0v) is 18.2. The maximum atomic E-state index is 12.0. The monoisotopic (exact) mass is 468 g/mol. The van der Waals surface area contributed by atoms with E-state index >= 15 is 0 Å². The molecule has 2 heterocycles. The van der Waals surface area contributed by atoms with Crippen LogP contribution < -0.4 is 10.6 Å². The van der Waals surface area contributed by atoms with E-state index < -0.39 is 0 Å². The molecule has 2 aliphatic rings. The number of morpholine rings is 1. The minimum absolute atomic E-state index is 0. The molecule has 0 spiro atoms. The van der Waals surface area contributed by atoms with Crippen LogP contribution in [0, 0.1) is 0 Å². The highest BCUT2D eigenvalue weighted by atomic mass is 127. The fourth-order valence-electron chi connectivity index (χ4n) is 3.02. The van der Waals surface area contributed by atoms with Crippen molar-refractivity contribution in [3.8, 4) is 0 Å². The minimum atomic E-state index is -0.241. The third-order valence-electron chi connectivity index (χ3n) is 3.99. The molecule has 2 unspecified atom stereocenters. The zero-order chi connectivity index (χ0) is 17.6. The molecule has 2 atom stereocenters.